The molecule has 4 N–H and O–H groups in total. The molecule has 0 aliphatic carbocycles. The van der Waals surface area contributed by atoms with E-state index in [0.717, 1.165) is 16.7 Å². The normalized spacial score (nSPS) is 11.2. The van der Waals surface area contributed by atoms with Crippen LogP contribution >= 0.6 is 0 Å². The smallest absolute Gasteiger partial charge is 0.335 e. The van der Waals surface area contributed by atoms with Crippen molar-refractivity contribution >= 4 is 17.3 Å². The van der Waals surface area contributed by atoms with Crippen molar-refractivity contribution < 1.29 is 15.0 Å². The molecule has 1 aromatic heterocycles. The molecule has 4 aromatic rings. The first-order valence-electron chi connectivity index (χ1n) is 9.81. The number of azo groups is 1. The zero-order valence-electron chi connectivity index (χ0n) is 17.4. The summed E-state index contributed by atoms with van der Waals surface area (Å²) in [5.74, 6) is -1.23. The predicted octanol–water partition coefficient (Wildman–Crippen LogP) is 5.47. The number of hydrogen-bond donors (Lipinski definition) is 4. The Balaban J connectivity index is 1.73. The highest BCUT2D eigenvalue weighted by Crippen LogP contribution is 2.38. The van der Waals surface area contributed by atoms with Gasteiger partial charge in [0.05, 0.1) is 11.3 Å². The van der Waals surface area contributed by atoms with Crippen LogP contribution in [0, 0.1) is 13.8 Å². The molecule has 0 fully saturated rings. The number of H-pyrrole nitrogens is 2. The van der Waals surface area contributed by atoms with Crippen molar-refractivity contribution in [3.8, 4) is 28.1 Å². The number of benzene rings is 3. The van der Waals surface area contributed by atoms with Crippen molar-refractivity contribution in [2.75, 3.05) is 0 Å². The molecule has 3 aromatic carbocycles. The number of aromatic hydroxyl groups is 1. The number of carboxylic acid groups (broad SMARTS) is 1. The molecule has 0 radical (unpaired) electrons. The summed E-state index contributed by atoms with van der Waals surface area (Å²) >= 11 is 0. The van der Waals surface area contributed by atoms with Gasteiger partial charge in [0.1, 0.15) is 5.69 Å². The number of nitrogens with zero attached hydrogens (tertiary/aromatic N) is 2. The van der Waals surface area contributed by atoms with Crippen molar-refractivity contribution in [3.63, 3.8) is 0 Å². The summed E-state index contributed by atoms with van der Waals surface area (Å²) in [7, 11) is 0. The van der Waals surface area contributed by atoms with Crippen molar-refractivity contribution in [1.29, 1.82) is 0 Å². The number of para-hydroxylation sites is 1. The summed E-state index contributed by atoms with van der Waals surface area (Å²) in [4.78, 5) is 23.6. The monoisotopic (exact) mass is 428 g/mol. The van der Waals surface area contributed by atoms with Gasteiger partial charge in [-0.1, -0.05) is 36.4 Å². The molecule has 32 heavy (non-hydrogen) atoms. The first-order chi connectivity index (χ1) is 15.3. The van der Waals surface area contributed by atoms with Crippen LogP contribution in [-0.4, -0.2) is 26.4 Å². The van der Waals surface area contributed by atoms with E-state index in [4.69, 9.17) is 0 Å². The zero-order chi connectivity index (χ0) is 22.8. The van der Waals surface area contributed by atoms with Crippen molar-refractivity contribution in [2.45, 2.75) is 13.8 Å². The second-order valence-electron chi connectivity index (χ2n) is 7.36. The lowest BCUT2D eigenvalue weighted by Crippen LogP contribution is -1.96. The number of carbonyl (C=O) groups is 1. The van der Waals surface area contributed by atoms with E-state index in [0.29, 0.717) is 16.8 Å². The Morgan fingerprint density at radius 1 is 0.875 bits per heavy atom. The minimum atomic E-state index is -1.06. The zero-order valence-corrected chi connectivity index (χ0v) is 17.4. The van der Waals surface area contributed by atoms with Gasteiger partial charge in [0.2, 0.25) is 0 Å². The van der Waals surface area contributed by atoms with Crippen LogP contribution in [0.15, 0.2) is 75.7 Å². The number of hydrogen-bond acceptors (Lipinski definition) is 5. The third-order valence-electron chi connectivity index (χ3n) is 5.24. The average molecular weight is 428 g/mol. The molecule has 0 aliphatic rings. The summed E-state index contributed by atoms with van der Waals surface area (Å²) < 4.78 is 0. The molecule has 8 heteroatoms. The van der Waals surface area contributed by atoms with Crippen LogP contribution in [0.4, 0.5) is 11.4 Å². The van der Waals surface area contributed by atoms with E-state index >= 15 is 0 Å². The van der Waals surface area contributed by atoms with E-state index in [9.17, 15) is 19.8 Å². The molecule has 1 heterocycles. The minimum Gasteiger partial charge on any atom is -0.505 e. The molecule has 0 atom stereocenters. The third-order valence-corrected chi connectivity index (χ3v) is 5.24. The number of aryl methyl sites for hydroxylation is 2. The first-order valence-corrected chi connectivity index (χ1v) is 9.81. The maximum atomic E-state index is 12.3. The maximum Gasteiger partial charge on any atom is 0.335 e. The first kappa shape index (κ1) is 20.8. The molecule has 0 aliphatic heterocycles. The quantitative estimate of drug-likeness (QED) is 0.314. The molecule has 0 bridgehead atoms. The van der Waals surface area contributed by atoms with E-state index in [1.165, 1.54) is 12.1 Å². The number of aromatic nitrogens is 2. The van der Waals surface area contributed by atoms with E-state index in [1.807, 2.05) is 32.0 Å². The fourth-order valence-electron chi connectivity index (χ4n) is 3.32. The highest BCUT2D eigenvalue weighted by Gasteiger charge is 2.14. The van der Waals surface area contributed by atoms with Crippen molar-refractivity contribution in [2.24, 2.45) is 10.2 Å². The maximum absolute atomic E-state index is 12.3. The molecular formula is C24H20N4O4. The van der Waals surface area contributed by atoms with Crippen molar-refractivity contribution in [1.82, 2.24) is 10.2 Å². The minimum absolute atomic E-state index is 0.0888. The van der Waals surface area contributed by atoms with Crippen LogP contribution < -0.4 is 5.56 Å². The summed E-state index contributed by atoms with van der Waals surface area (Å²) in [6.45, 7) is 3.98. The second-order valence-corrected chi connectivity index (χ2v) is 7.36. The SMILES string of the molecule is Cc1ccc(-c2[nH][nH]c(=O)c2N=Nc2cccc(-c3cccc(C(=O)O)c3)c2O)cc1C. The van der Waals surface area contributed by atoms with Gasteiger partial charge in [-0.2, -0.15) is 0 Å². The third kappa shape index (κ3) is 3.93. The Bertz CT molecular complexity index is 1420. The summed E-state index contributed by atoms with van der Waals surface area (Å²) in [6, 6.07) is 16.9. The number of carboxylic acids is 1. The highest BCUT2D eigenvalue weighted by molar-refractivity contribution is 5.90. The molecule has 0 spiro atoms. The second kappa shape index (κ2) is 8.35. The summed E-state index contributed by atoms with van der Waals surface area (Å²) in [5, 5.41) is 33.5. The number of nitrogens with one attached hydrogen (secondary N) is 2. The molecule has 0 amide bonds. The van der Waals surface area contributed by atoms with Gasteiger partial charge in [-0.05, 0) is 54.8 Å². The molecular weight excluding hydrogens is 408 g/mol. The Morgan fingerprint density at radius 2 is 1.66 bits per heavy atom. The Morgan fingerprint density at radius 3 is 2.41 bits per heavy atom. The van der Waals surface area contributed by atoms with Crippen LogP contribution in [0.3, 0.4) is 0 Å². The topological polar surface area (TPSA) is 131 Å². The molecule has 160 valence electrons. The Kier molecular flexibility index (Phi) is 5.43. The van der Waals surface area contributed by atoms with Gasteiger partial charge in [0, 0.05) is 11.1 Å². The van der Waals surface area contributed by atoms with Crippen LogP contribution in [0.1, 0.15) is 21.5 Å². The number of phenolic OH excluding ortho intramolecular Hbond substituents is 1. The lowest BCUT2D eigenvalue weighted by atomic mass is 10.0. The van der Waals surface area contributed by atoms with Crippen LogP contribution in [0.5, 0.6) is 5.75 Å². The fraction of sp³-hybridized carbons (Fsp3) is 0.0833. The Labute approximate surface area is 182 Å². The van der Waals surface area contributed by atoms with E-state index < -0.39 is 11.5 Å². The molecule has 0 unspecified atom stereocenters. The molecule has 0 saturated heterocycles. The fourth-order valence-corrected chi connectivity index (χ4v) is 3.32. The van der Waals surface area contributed by atoms with Crippen LogP contribution in [0.25, 0.3) is 22.4 Å². The van der Waals surface area contributed by atoms with Gasteiger partial charge >= 0.3 is 5.97 Å². The molecule has 0 saturated carbocycles. The van der Waals surface area contributed by atoms with E-state index in [-0.39, 0.29) is 22.7 Å². The van der Waals surface area contributed by atoms with Gasteiger partial charge in [-0.25, -0.2) is 4.79 Å². The number of aromatic amines is 2. The summed E-state index contributed by atoms with van der Waals surface area (Å²) in [5.41, 5.74) is 4.30. The van der Waals surface area contributed by atoms with E-state index in [1.54, 1.807) is 30.3 Å². The van der Waals surface area contributed by atoms with Gasteiger partial charge in [-0.15, -0.1) is 10.2 Å². The van der Waals surface area contributed by atoms with Gasteiger partial charge in [0.15, 0.2) is 11.4 Å². The standard InChI is InChI=1S/C24H20N4O4/c1-13-9-10-16(11-14(13)2)20-21(23(30)28-26-20)27-25-19-8-4-7-18(22(19)29)15-5-3-6-17(12-15)24(31)32/h3-12,29H,1-2H3,(H,31,32)(H2,26,28,30). The van der Waals surface area contributed by atoms with Crippen LogP contribution in [-0.2, 0) is 0 Å². The number of rotatable bonds is 5. The van der Waals surface area contributed by atoms with Gasteiger partial charge in [0.25, 0.3) is 5.56 Å². The average Bonchev–Trinajstić information content (AvgIpc) is 3.15. The summed E-state index contributed by atoms with van der Waals surface area (Å²) in [6.07, 6.45) is 0. The lowest BCUT2D eigenvalue weighted by Gasteiger charge is -2.07. The van der Waals surface area contributed by atoms with Crippen molar-refractivity contribution in [3.05, 3.63) is 87.7 Å². The van der Waals surface area contributed by atoms with E-state index in [2.05, 4.69) is 20.4 Å². The number of aromatic carboxylic acids is 1. The largest absolute Gasteiger partial charge is 0.505 e. The van der Waals surface area contributed by atoms with Gasteiger partial charge in [-0.3, -0.25) is 15.0 Å². The Hall–Kier alpha value is -4.46. The molecule has 4 rings (SSSR count). The molecule has 8 nitrogen and oxygen atoms in total. The highest BCUT2D eigenvalue weighted by atomic mass is 16.4. The lowest BCUT2D eigenvalue weighted by molar-refractivity contribution is 0.0697. The van der Waals surface area contributed by atoms with Crippen LogP contribution in [0.2, 0.25) is 0 Å². The number of phenols is 1. The van der Waals surface area contributed by atoms with Gasteiger partial charge < -0.3 is 10.2 Å². The predicted molar refractivity (Wildman–Crippen MR) is 121 cm³/mol.